The summed E-state index contributed by atoms with van der Waals surface area (Å²) in [4.78, 5) is 41.9. The average Bonchev–Trinajstić information content (AvgIpc) is 2.87. The van der Waals surface area contributed by atoms with E-state index in [1.54, 1.807) is 6.92 Å². The molecule has 0 fully saturated rings. The van der Waals surface area contributed by atoms with Crippen molar-refractivity contribution in [1.29, 1.82) is 0 Å². The lowest BCUT2D eigenvalue weighted by Crippen LogP contribution is -2.20. The predicted octanol–water partition coefficient (Wildman–Crippen LogP) is 5.23. The van der Waals surface area contributed by atoms with E-state index in [-0.39, 0.29) is 38.2 Å². The number of terminal acetylenes is 2. The van der Waals surface area contributed by atoms with Gasteiger partial charge < -0.3 is 14.2 Å². The highest BCUT2D eigenvalue weighted by Gasteiger charge is 2.23. The molecule has 0 aliphatic carbocycles. The van der Waals surface area contributed by atoms with Crippen LogP contribution in [0.1, 0.15) is 82.5 Å². The SMILES string of the molecule is C#CCC(CC)C(=O)OCc1cnc(C)c(OC(=O)CCC/C=C\C)c1COC(=O)C(CC)CC#C. The van der Waals surface area contributed by atoms with Crippen LogP contribution in [0.2, 0.25) is 0 Å². The van der Waals surface area contributed by atoms with Gasteiger partial charge in [-0.05, 0) is 39.5 Å². The third-order valence-corrected chi connectivity index (χ3v) is 5.72. The minimum absolute atomic E-state index is 0.131. The van der Waals surface area contributed by atoms with Crippen molar-refractivity contribution in [3.05, 3.63) is 35.2 Å². The summed E-state index contributed by atoms with van der Waals surface area (Å²) >= 11 is 0. The van der Waals surface area contributed by atoms with Gasteiger partial charge in [0.2, 0.25) is 0 Å². The summed E-state index contributed by atoms with van der Waals surface area (Å²) in [6, 6.07) is 0. The Morgan fingerprint density at radius 1 is 1.03 bits per heavy atom. The van der Waals surface area contributed by atoms with Crippen molar-refractivity contribution in [3.63, 3.8) is 0 Å². The van der Waals surface area contributed by atoms with Crippen molar-refractivity contribution in [1.82, 2.24) is 4.98 Å². The predicted molar refractivity (Wildman–Crippen MR) is 137 cm³/mol. The smallest absolute Gasteiger partial charge is 0.311 e. The van der Waals surface area contributed by atoms with E-state index < -0.39 is 29.7 Å². The summed E-state index contributed by atoms with van der Waals surface area (Å²) in [6.07, 6.45) is 19.4. The van der Waals surface area contributed by atoms with Gasteiger partial charge in [0.25, 0.3) is 0 Å². The quantitative estimate of drug-likeness (QED) is 0.142. The van der Waals surface area contributed by atoms with Crippen LogP contribution in [0.15, 0.2) is 18.3 Å². The lowest BCUT2D eigenvalue weighted by atomic mass is 10.0. The van der Waals surface area contributed by atoms with Gasteiger partial charge in [0.05, 0.1) is 17.5 Å². The molecule has 0 N–H and O–H groups in total. The molecular weight excluding hydrogens is 458 g/mol. The lowest BCUT2D eigenvalue weighted by Gasteiger charge is -2.19. The first-order valence-electron chi connectivity index (χ1n) is 12.3. The Balaban J connectivity index is 3.19. The molecule has 1 aromatic heterocycles. The normalized spacial score (nSPS) is 12.3. The zero-order chi connectivity index (χ0) is 26.9. The molecule has 0 amide bonds. The zero-order valence-corrected chi connectivity index (χ0v) is 21.8. The fourth-order valence-electron chi connectivity index (χ4n) is 3.39. The second-order valence-corrected chi connectivity index (χ2v) is 8.35. The maximum absolute atomic E-state index is 12.6. The molecule has 0 saturated carbocycles. The first-order valence-corrected chi connectivity index (χ1v) is 12.3. The van der Waals surface area contributed by atoms with E-state index in [2.05, 4.69) is 16.8 Å². The second kappa shape index (κ2) is 16.9. The van der Waals surface area contributed by atoms with E-state index in [1.165, 1.54) is 6.20 Å². The van der Waals surface area contributed by atoms with Crippen molar-refractivity contribution in [2.24, 2.45) is 11.8 Å². The van der Waals surface area contributed by atoms with Gasteiger partial charge in [0.15, 0.2) is 5.75 Å². The van der Waals surface area contributed by atoms with Gasteiger partial charge in [-0.15, -0.1) is 24.7 Å². The molecule has 0 saturated heterocycles. The number of rotatable bonds is 15. The second-order valence-electron chi connectivity index (χ2n) is 8.35. The average molecular weight is 496 g/mol. The van der Waals surface area contributed by atoms with E-state index in [1.807, 2.05) is 32.9 Å². The number of unbranched alkanes of at least 4 members (excludes halogenated alkanes) is 1. The van der Waals surface area contributed by atoms with E-state index in [4.69, 9.17) is 27.1 Å². The summed E-state index contributed by atoms with van der Waals surface area (Å²) < 4.78 is 16.7. The number of esters is 3. The Hall–Kier alpha value is -3.58. The highest BCUT2D eigenvalue weighted by atomic mass is 16.5. The van der Waals surface area contributed by atoms with Crippen LogP contribution >= 0.6 is 0 Å². The van der Waals surface area contributed by atoms with Gasteiger partial charge in [-0.2, -0.15) is 0 Å². The van der Waals surface area contributed by atoms with Crippen LogP contribution in [0.25, 0.3) is 0 Å². The zero-order valence-electron chi connectivity index (χ0n) is 21.8. The molecule has 0 aromatic carbocycles. The van der Waals surface area contributed by atoms with E-state index in [0.29, 0.717) is 36.1 Å². The number of hydrogen-bond donors (Lipinski definition) is 0. The van der Waals surface area contributed by atoms with Crippen molar-refractivity contribution < 1.29 is 28.6 Å². The number of ether oxygens (including phenoxy) is 3. The van der Waals surface area contributed by atoms with Gasteiger partial charge in [0, 0.05) is 36.6 Å². The lowest BCUT2D eigenvalue weighted by molar-refractivity contribution is -0.151. The molecule has 7 heteroatoms. The molecule has 7 nitrogen and oxygen atoms in total. The van der Waals surface area contributed by atoms with Crippen molar-refractivity contribution in [2.75, 3.05) is 0 Å². The molecule has 0 aliphatic rings. The van der Waals surface area contributed by atoms with Gasteiger partial charge in [0.1, 0.15) is 13.2 Å². The molecule has 194 valence electrons. The Labute approximate surface area is 215 Å². The fraction of sp³-hybridized carbons (Fsp3) is 0.517. The minimum atomic E-state index is -0.448. The number of nitrogens with zero attached hydrogens (tertiary/aromatic N) is 1. The Morgan fingerprint density at radius 2 is 1.61 bits per heavy atom. The molecular formula is C29H37NO6. The van der Waals surface area contributed by atoms with E-state index in [0.717, 1.165) is 6.42 Å². The molecule has 0 aliphatic heterocycles. The highest BCUT2D eigenvalue weighted by molar-refractivity contribution is 5.75. The van der Waals surface area contributed by atoms with Crippen molar-refractivity contribution in [3.8, 4) is 30.4 Å². The van der Waals surface area contributed by atoms with Crippen LogP contribution in [0.3, 0.4) is 0 Å². The Morgan fingerprint density at radius 3 is 2.14 bits per heavy atom. The van der Waals surface area contributed by atoms with Crippen LogP contribution in [-0.4, -0.2) is 22.9 Å². The maximum Gasteiger partial charge on any atom is 0.311 e. The van der Waals surface area contributed by atoms with Crippen LogP contribution < -0.4 is 4.74 Å². The molecule has 2 unspecified atom stereocenters. The van der Waals surface area contributed by atoms with E-state index >= 15 is 0 Å². The molecule has 1 heterocycles. The maximum atomic E-state index is 12.6. The Kier molecular flexibility index (Phi) is 14.3. The van der Waals surface area contributed by atoms with Crippen molar-refractivity contribution in [2.45, 2.75) is 85.9 Å². The van der Waals surface area contributed by atoms with Gasteiger partial charge in [-0.1, -0.05) is 26.0 Å². The molecule has 1 rings (SSSR count). The summed E-state index contributed by atoms with van der Waals surface area (Å²) in [5.41, 5.74) is 1.34. The molecule has 0 bridgehead atoms. The summed E-state index contributed by atoms with van der Waals surface area (Å²) in [7, 11) is 0. The van der Waals surface area contributed by atoms with Gasteiger partial charge in [-0.3, -0.25) is 19.4 Å². The first kappa shape index (κ1) is 30.5. The van der Waals surface area contributed by atoms with Crippen LogP contribution in [0.5, 0.6) is 5.75 Å². The number of pyridine rings is 1. The highest BCUT2D eigenvalue weighted by Crippen LogP contribution is 2.28. The largest absolute Gasteiger partial charge is 0.460 e. The third kappa shape index (κ3) is 9.96. The number of aromatic nitrogens is 1. The van der Waals surface area contributed by atoms with Crippen molar-refractivity contribution >= 4 is 17.9 Å². The molecule has 36 heavy (non-hydrogen) atoms. The summed E-state index contributed by atoms with van der Waals surface area (Å²) in [5.74, 6) is 3.01. The monoisotopic (exact) mass is 495 g/mol. The third-order valence-electron chi connectivity index (χ3n) is 5.72. The Bertz CT molecular complexity index is 998. The number of aryl methyl sites for hydroxylation is 1. The number of allylic oxidation sites excluding steroid dienone is 2. The van der Waals surface area contributed by atoms with Crippen LogP contribution in [-0.2, 0) is 37.1 Å². The first-order chi connectivity index (χ1) is 17.3. The summed E-state index contributed by atoms with van der Waals surface area (Å²) in [6.45, 7) is 7.01. The number of hydrogen-bond acceptors (Lipinski definition) is 7. The fourth-order valence-corrected chi connectivity index (χ4v) is 3.39. The number of carbonyl (C=O) groups is 3. The van der Waals surface area contributed by atoms with Gasteiger partial charge in [-0.25, -0.2) is 0 Å². The topological polar surface area (TPSA) is 91.8 Å². The molecule has 0 radical (unpaired) electrons. The van der Waals surface area contributed by atoms with E-state index in [9.17, 15) is 14.4 Å². The minimum Gasteiger partial charge on any atom is -0.460 e. The number of carbonyl (C=O) groups excluding carboxylic acids is 3. The molecule has 0 spiro atoms. The summed E-state index contributed by atoms with van der Waals surface area (Å²) in [5, 5.41) is 0. The molecule has 2 atom stereocenters. The van der Waals surface area contributed by atoms with Crippen LogP contribution in [0.4, 0.5) is 0 Å². The molecule has 1 aromatic rings. The van der Waals surface area contributed by atoms with Crippen LogP contribution in [0, 0.1) is 43.4 Å². The standard InChI is InChI=1S/C29H37NO6/c1-7-12-13-14-17-26(31)36-27-21(6)30-18-24(19-34-28(32)22(10-4)15-8-2)25(27)20-35-29(33)23(11-5)16-9-3/h2-3,7,12,18,22-23H,10-11,13-17,19-20H2,1,4-6H3/b12-7-. The van der Waals surface area contributed by atoms with Gasteiger partial charge >= 0.3 is 17.9 Å².